The molecule has 2 N–H and O–H groups in total. The highest BCUT2D eigenvalue weighted by Crippen LogP contribution is 2.57. The number of urea groups is 1. The van der Waals surface area contributed by atoms with Gasteiger partial charge in [0.25, 0.3) is 0 Å². The number of carbonyl (C=O) groups is 1. The van der Waals surface area contributed by atoms with Crippen LogP contribution in [0, 0.1) is 5.92 Å². The Bertz CT molecular complexity index is 816. The fourth-order valence-electron chi connectivity index (χ4n) is 3.11. The molecule has 0 radical (unpaired) electrons. The van der Waals surface area contributed by atoms with Crippen molar-refractivity contribution in [2.45, 2.75) is 12.0 Å². The normalized spacial score (nSPS) is 23.5. The molecule has 2 aliphatic rings. The van der Waals surface area contributed by atoms with Crippen molar-refractivity contribution in [1.82, 2.24) is 10.3 Å². The van der Waals surface area contributed by atoms with E-state index in [1.165, 1.54) is 0 Å². The van der Waals surface area contributed by atoms with Gasteiger partial charge in [-0.05, 0) is 40.2 Å². The van der Waals surface area contributed by atoms with Crippen LogP contribution in [0.5, 0.6) is 5.75 Å². The Labute approximate surface area is 156 Å². The first-order chi connectivity index (χ1) is 11.5. The number of rotatable bonds is 2. The molecule has 5 nitrogen and oxygen atoms in total. The van der Waals surface area contributed by atoms with Crippen LogP contribution < -0.4 is 15.4 Å². The van der Waals surface area contributed by atoms with Gasteiger partial charge in [0.15, 0.2) is 0 Å². The quantitative estimate of drug-likeness (QED) is 0.742. The van der Waals surface area contributed by atoms with Crippen LogP contribution in [-0.2, 0) is 0 Å². The number of hydrogen-bond acceptors (Lipinski definition) is 3. The SMILES string of the molecule is O=C(Nc1ccc(Br)cn1)NC1[C@H]2COc3c(Cl)ccc(Cl)c3[C@@H]12. The standard InChI is InChI=1S/C16H12BrCl2N3O2/c17-7-1-4-11(20-5-7)21-16(23)22-14-8-6-24-15-10(19)3-2-9(18)13(15)12(8)14/h1-5,8,12,14H,6H2,(H2,20,21,22,23)/t8-,12-,14?/m0/s1. The molecular formula is C16H12BrCl2N3O2. The molecule has 24 heavy (non-hydrogen) atoms. The Morgan fingerprint density at radius 2 is 2.04 bits per heavy atom. The molecule has 124 valence electrons. The van der Waals surface area contributed by atoms with E-state index in [1.807, 2.05) is 6.07 Å². The Kier molecular flexibility index (Phi) is 4.06. The minimum absolute atomic E-state index is 0.0299. The van der Waals surface area contributed by atoms with Gasteiger partial charge >= 0.3 is 6.03 Å². The van der Waals surface area contributed by atoms with E-state index >= 15 is 0 Å². The van der Waals surface area contributed by atoms with E-state index in [-0.39, 0.29) is 23.9 Å². The van der Waals surface area contributed by atoms with Crippen molar-refractivity contribution in [3.63, 3.8) is 0 Å². The smallest absolute Gasteiger partial charge is 0.320 e. The van der Waals surface area contributed by atoms with Gasteiger partial charge in [-0.1, -0.05) is 23.2 Å². The minimum Gasteiger partial charge on any atom is -0.491 e. The number of nitrogens with one attached hydrogen (secondary N) is 2. The lowest BCUT2D eigenvalue weighted by atomic mass is 10.1. The molecule has 0 spiro atoms. The van der Waals surface area contributed by atoms with Crippen LogP contribution in [0.3, 0.4) is 0 Å². The molecule has 4 rings (SSSR count). The summed E-state index contributed by atoms with van der Waals surface area (Å²) in [4.78, 5) is 16.3. The third kappa shape index (κ3) is 2.83. The number of fused-ring (bicyclic) bond motifs is 3. The van der Waals surface area contributed by atoms with Crippen molar-refractivity contribution in [2.24, 2.45) is 5.92 Å². The molecular weight excluding hydrogens is 417 g/mol. The maximum Gasteiger partial charge on any atom is 0.320 e. The van der Waals surface area contributed by atoms with Crippen LogP contribution >= 0.6 is 39.1 Å². The molecule has 0 saturated heterocycles. The Hall–Kier alpha value is -1.50. The maximum atomic E-state index is 12.2. The number of carbonyl (C=O) groups excluding carboxylic acids is 1. The van der Waals surface area contributed by atoms with Crippen molar-refractivity contribution in [2.75, 3.05) is 11.9 Å². The second kappa shape index (κ2) is 6.10. The summed E-state index contributed by atoms with van der Waals surface area (Å²) in [6.45, 7) is 0.513. The van der Waals surface area contributed by atoms with Gasteiger partial charge in [0.2, 0.25) is 0 Å². The molecule has 8 heteroatoms. The second-order valence-electron chi connectivity index (χ2n) is 5.76. The number of amides is 2. The van der Waals surface area contributed by atoms with Crippen LogP contribution in [0.4, 0.5) is 10.6 Å². The molecule has 1 aliphatic heterocycles. The zero-order valence-electron chi connectivity index (χ0n) is 12.2. The van der Waals surface area contributed by atoms with Crippen molar-refractivity contribution >= 4 is 51.0 Å². The Morgan fingerprint density at radius 3 is 2.79 bits per heavy atom. The van der Waals surface area contributed by atoms with Gasteiger partial charge in [-0.15, -0.1) is 0 Å². The summed E-state index contributed by atoms with van der Waals surface area (Å²) in [6.07, 6.45) is 1.62. The van der Waals surface area contributed by atoms with Gasteiger partial charge in [-0.2, -0.15) is 0 Å². The van der Waals surface area contributed by atoms with Crippen LogP contribution in [-0.4, -0.2) is 23.7 Å². The van der Waals surface area contributed by atoms with Crippen molar-refractivity contribution in [3.8, 4) is 5.75 Å². The molecule has 1 fully saturated rings. The van der Waals surface area contributed by atoms with E-state index in [0.717, 1.165) is 10.0 Å². The highest BCUT2D eigenvalue weighted by molar-refractivity contribution is 9.10. The van der Waals surface area contributed by atoms with Crippen LogP contribution in [0.1, 0.15) is 11.5 Å². The molecule has 1 aliphatic carbocycles. The highest BCUT2D eigenvalue weighted by atomic mass is 79.9. The summed E-state index contributed by atoms with van der Waals surface area (Å²) in [7, 11) is 0. The summed E-state index contributed by atoms with van der Waals surface area (Å²) in [6, 6.07) is 6.68. The predicted octanol–water partition coefficient (Wildman–Crippen LogP) is 4.45. The monoisotopic (exact) mass is 427 g/mol. The second-order valence-corrected chi connectivity index (χ2v) is 7.49. The van der Waals surface area contributed by atoms with Crippen molar-refractivity contribution < 1.29 is 9.53 Å². The number of pyridine rings is 1. The molecule has 2 aromatic rings. The molecule has 1 aromatic heterocycles. The number of halogens is 3. The first-order valence-corrected chi connectivity index (χ1v) is 8.89. The summed E-state index contributed by atoms with van der Waals surface area (Å²) in [5.74, 6) is 1.45. The van der Waals surface area contributed by atoms with E-state index in [9.17, 15) is 4.79 Å². The number of ether oxygens (including phenoxy) is 1. The average Bonchev–Trinajstić information content (AvgIpc) is 3.26. The van der Waals surface area contributed by atoms with Crippen molar-refractivity contribution in [1.29, 1.82) is 0 Å². The maximum absolute atomic E-state index is 12.2. The van der Waals surface area contributed by atoms with E-state index in [4.69, 9.17) is 27.9 Å². The number of nitrogens with zero attached hydrogens (tertiary/aromatic N) is 1. The van der Waals surface area contributed by atoms with Gasteiger partial charge in [0.05, 0.1) is 11.6 Å². The number of hydrogen-bond donors (Lipinski definition) is 2. The van der Waals surface area contributed by atoms with Crippen LogP contribution in [0.2, 0.25) is 10.0 Å². The molecule has 0 bridgehead atoms. The summed E-state index contributed by atoms with van der Waals surface area (Å²) in [5.41, 5.74) is 0.882. The Morgan fingerprint density at radius 1 is 1.25 bits per heavy atom. The average molecular weight is 429 g/mol. The van der Waals surface area contributed by atoms with Gasteiger partial charge in [0, 0.05) is 39.1 Å². The summed E-state index contributed by atoms with van der Waals surface area (Å²) in [5, 5.41) is 6.84. The fourth-order valence-corrected chi connectivity index (χ4v) is 3.84. The third-order valence-corrected chi connectivity index (χ3v) is 5.38. The number of anilines is 1. The van der Waals surface area contributed by atoms with E-state index < -0.39 is 0 Å². The molecule has 1 aromatic carbocycles. The topological polar surface area (TPSA) is 63.2 Å². The van der Waals surface area contributed by atoms with E-state index in [0.29, 0.717) is 28.2 Å². The molecule has 1 saturated carbocycles. The zero-order valence-corrected chi connectivity index (χ0v) is 15.3. The molecule has 2 heterocycles. The predicted molar refractivity (Wildman–Crippen MR) is 96.1 cm³/mol. The third-order valence-electron chi connectivity index (χ3n) is 4.28. The lowest BCUT2D eigenvalue weighted by molar-refractivity contribution is 0.249. The lowest BCUT2D eigenvalue weighted by Crippen LogP contribution is -2.32. The van der Waals surface area contributed by atoms with Gasteiger partial charge < -0.3 is 10.1 Å². The number of aromatic nitrogens is 1. The van der Waals surface area contributed by atoms with Gasteiger partial charge in [-0.3, -0.25) is 5.32 Å². The largest absolute Gasteiger partial charge is 0.491 e. The molecule has 3 atom stereocenters. The molecule has 1 unspecified atom stereocenters. The first kappa shape index (κ1) is 16.0. The van der Waals surface area contributed by atoms with Gasteiger partial charge in [0.1, 0.15) is 11.6 Å². The van der Waals surface area contributed by atoms with Gasteiger partial charge in [-0.25, -0.2) is 9.78 Å². The number of benzene rings is 1. The van der Waals surface area contributed by atoms with Crippen molar-refractivity contribution in [3.05, 3.63) is 50.5 Å². The van der Waals surface area contributed by atoms with E-state index in [1.54, 1.807) is 24.4 Å². The lowest BCUT2D eigenvalue weighted by Gasteiger charge is -2.18. The van der Waals surface area contributed by atoms with E-state index in [2.05, 4.69) is 31.5 Å². The Balaban J connectivity index is 1.47. The zero-order chi connectivity index (χ0) is 16.8. The summed E-state index contributed by atoms with van der Waals surface area (Å²) < 4.78 is 6.58. The minimum atomic E-state index is -0.302. The van der Waals surface area contributed by atoms with Crippen LogP contribution in [0.25, 0.3) is 0 Å². The summed E-state index contributed by atoms with van der Waals surface area (Å²) >= 11 is 15.8. The van der Waals surface area contributed by atoms with Crippen LogP contribution in [0.15, 0.2) is 34.9 Å². The fraction of sp³-hybridized carbons (Fsp3) is 0.250. The first-order valence-electron chi connectivity index (χ1n) is 7.34. The highest BCUT2D eigenvalue weighted by Gasteiger charge is 2.56. The molecule has 2 amide bonds.